The van der Waals surface area contributed by atoms with Gasteiger partial charge < -0.3 is 9.47 Å². The van der Waals surface area contributed by atoms with E-state index in [2.05, 4.69) is 16.8 Å². The van der Waals surface area contributed by atoms with Crippen molar-refractivity contribution in [2.75, 3.05) is 32.2 Å². The second kappa shape index (κ2) is 8.76. The highest BCUT2D eigenvalue weighted by Crippen LogP contribution is 2.28. The van der Waals surface area contributed by atoms with Crippen molar-refractivity contribution in [1.29, 1.82) is 0 Å². The van der Waals surface area contributed by atoms with E-state index in [1.807, 2.05) is 0 Å². The van der Waals surface area contributed by atoms with E-state index in [4.69, 9.17) is 9.47 Å². The molecule has 1 N–H and O–H groups in total. The lowest BCUT2D eigenvalue weighted by molar-refractivity contribution is -0.644. The van der Waals surface area contributed by atoms with E-state index in [0.29, 0.717) is 40.1 Å². The summed E-state index contributed by atoms with van der Waals surface area (Å²) in [6.45, 7) is 3.75. The van der Waals surface area contributed by atoms with Gasteiger partial charge in [0, 0.05) is 19.7 Å². The van der Waals surface area contributed by atoms with Crippen LogP contribution >= 0.6 is 0 Å². The van der Waals surface area contributed by atoms with Crippen LogP contribution in [0.2, 0.25) is 0 Å². The van der Waals surface area contributed by atoms with Gasteiger partial charge in [-0.15, -0.1) is 0 Å². The van der Waals surface area contributed by atoms with Gasteiger partial charge >= 0.3 is 11.6 Å². The number of carbonyl (C=O) groups is 1. The van der Waals surface area contributed by atoms with E-state index >= 15 is 0 Å². The van der Waals surface area contributed by atoms with E-state index in [9.17, 15) is 14.4 Å². The molecule has 1 aliphatic rings. The molecule has 3 heterocycles. The van der Waals surface area contributed by atoms with Gasteiger partial charge in [-0.25, -0.2) is 14.3 Å². The standard InChI is InChI=1S/C23H29N5O5/c1-14-8-10-27(11-9-14)22-24-20-19(21(30)26(3)23(31)25(20)2)28(22)13-16(29)15-6-7-17(32-4)18(12-15)33-5/h6-7,12,14H,8-11,13H2,1-5H3/p+1. The van der Waals surface area contributed by atoms with Gasteiger partial charge in [0.25, 0.3) is 5.56 Å². The molecule has 1 saturated heterocycles. The number of nitrogens with zero attached hydrogens (tertiary/aromatic N) is 4. The Labute approximate surface area is 191 Å². The van der Waals surface area contributed by atoms with Gasteiger partial charge in [-0.3, -0.25) is 23.6 Å². The largest absolute Gasteiger partial charge is 0.493 e. The zero-order valence-electron chi connectivity index (χ0n) is 19.7. The summed E-state index contributed by atoms with van der Waals surface area (Å²) in [6.07, 6.45) is 2.02. The summed E-state index contributed by atoms with van der Waals surface area (Å²) >= 11 is 0. The second-order valence-electron chi connectivity index (χ2n) is 8.60. The summed E-state index contributed by atoms with van der Waals surface area (Å²) in [4.78, 5) is 44.4. The molecule has 0 saturated carbocycles. The molecule has 4 rings (SSSR count). The maximum Gasteiger partial charge on any atom is 0.360 e. The van der Waals surface area contributed by atoms with Crippen molar-refractivity contribution in [2.24, 2.45) is 20.0 Å². The van der Waals surface area contributed by atoms with Crippen molar-refractivity contribution in [1.82, 2.24) is 14.1 Å². The van der Waals surface area contributed by atoms with Crippen LogP contribution in [-0.4, -0.2) is 47.2 Å². The molecule has 10 nitrogen and oxygen atoms in total. The predicted octanol–water partition coefficient (Wildman–Crippen LogP) is 0.989. The molecule has 3 aromatic rings. The van der Waals surface area contributed by atoms with Gasteiger partial charge in [-0.2, -0.15) is 0 Å². The van der Waals surface area contributed by atoms with Crippen LogP contribution in [0, 0.1) is 5.92 Å². The number of Topliss-reactive ketones (excluding diaryl/α,β-unsaturated/α-hetero) is 1. The Morgan fingerprint density at radius 3 is 2.39 bits per heavy atom. The average Bonchev–Trinajstić information content (AvgIpc) is 3.20. The van der Waals surface area contributed by atoms with E-state index in [1.165, 1.54) is 25.8 Å². The first-order chi connectivity index (χ1) is 15.8. The first kappa shape index (κ1) is 22.6. The van der Waals surface area contributed by atoms with Crippen LogP contribution in [0.3, 0.4) is 0 Å². The Bertz CT molecular complexity index is 1330. The monoisotopic (exact) mass is 456 g/mol. The van der Waals surface area contributed by atoms with Crippen molar-refractivity contribution in [3.8, 4) is 11.5 Å². The minimum Gasteiger partial charge on any atom is -0.493 e. The number of fused-ring (bicyclic) bond motifs is 1. The summed E-state index contributed by atoms with van der Waals surface area (Å²) in [6, 6.07) is 4.99. The van der Waals surface area contributed by atoms with Gasteiger partial charge in [-0.05, 0) is 37.0 Å². The van der Waals surface area contributed by atoms with E-state index < -0.39 is 11.2 Å². The van der Waals surface area contributed by atoms with Crippen molar-refractivity contribution >= 4 is 22.9 Å². The summed E-state index contributed by atoms with van der Waals surface area (Å²) in [7, 11) is 6.11. The normalized spacial score (nSPS) is 14.6. The third-order valence-corrected chi connectivity index (χ3v) is 6.49. The van der Waals surface area contributed by atoms with Crippen molar-refractivity contribution in [3.63, 3.8) is 0 Å². The van der Waals surface area contributed by atoms with E-state index in [1.54, 1.807) is 29.8 Å². The zero-order valence-corrected chi connectivity index (χ0v) is 19.7. The van der Waals surface area contributed by atoms with Crippen LogP contribution in [0.5, 0.6) is 11.5 Å². The molecule has 33 heavy (non-hydrogen) atoms. The van der Waals surface area contributed by atoms with Gasteiger partial charge in [0.1, 0.15) is 6.54 Å². The highest BCUT2D eigenvalue weighted by Gasteiger charge is 2.32. The van der Waals surface area contributed by atoms with Crippen LogP contribution < -0.4 is 30.2 Å². The van der Waals surface area contributed by atoms with Crippen LogP contribution in [0.15, 0.2) is 27.8 Å². The van der Waals surface area contributed by atoms with Crippen LogP contribution in [-0.2, 0) is 20.6 Å². The summed E-state index contributed by atoms with van der Waals surface area (Å²) in [5.74, 6) is 2.06. The SMILES string of the molecule is COc1ccc(C(=O)C[n+]2c(N3CCC(C)CC3)[nH]c3c2c(=O)n(C)c(=O)n3C)cc1OC. The number of H-pyrrole nitrogens is 1. The molecular weight excluding hydrogens is 426 g/mol. The summed E-state index contributed by atoms with van der Waals surface area (Å²) < 4.78 is 14.8. The highest BCUT2D eigenvalue weighted by molar-refractivity contribution is 5.96. The number of aromatic nitrogens is 4. The molecule has 0 atom stereocenters. The Morgan fingerprint density at radius 2 is 1.76 bits per heavy atom. The second-order valence-corrected chi connectivity index (χ2v) is 8.60. The quantitative estimate of drug-likeness (QED) is 0.438. The molecular formula is C23H30N5O5+. The number of carbonyl (C=O) groups excluding carboxylic acids is 1. The maximum atomic E-state index is 13.3. The number of methoxy groups -OCH3 is 2. The lowest BCUT2D eigenvalue weighted by Crippen LogP contribution is -2.49. The Hall–Kier alpha value is -3.56. The molecule has 1 aromatic carbocycles. The fourth-order valence-electron chi connectivity index (χ4n) is 4.36. The molecule has 0 radical (unpaired) electrons. The number of benzene rings is 1. The van der Waals surface area contributed by atoms with Crippen molar-refractivity contribution in [2.45, 2.75) is 26.3 Å². The van der Waals surface area contributed by atoms with Crippen molar-refractivity contribution in [3.05, 3.63) is 44.6 Å². The number of imidazole rings is 1. The van der Waals surface area contributed by atoms with Crippen LogP contribution in [0.25, 0.3) is 11.2 Å². The summed E-state index contributed by atoms with van der Waals surface area (Å²) in [5.41, 5.74) is 0.264. The number of hydrogen-bond donors (Lipinski definition) is 1. The molecule has 0 amide bonds. The van der Waals surface area contributed by atoms with E-state index in [-0.39, 0.29) is 12.3 Å². The molecule has 0 bridgehead atoms. The Morgan fingerprint density at radius 1 is 1.09 bits per heavy atom. The van der Waals surface area contributed by atoms with Gasteiger partial charge in [0.05, 0.1) is 27.3 Å². The molecule has 1 aliphatic heterocycles. The van der Waals surface area contributed by atoms with Crippen LogP contribution in [0.4, 0.5) is 5.95 Å². The number of hydrogen-bond acceptors (Lipinski definition) is 6. The number of rotatable bonds is 6. The number of ketones is 1. The Balaban J connectivity index is 1.84. The fourth-order valence-corrected chi connectivity index (χ4v) is 4.36. The third kappa shape index (κ3) is 3.90. The summed E-state index contributed by atoms with van der Waals surface area (Å²) in [5, 5.41) is 0. The van der Waals surface area contributed by atoms with Crippen LogP contribution in [0.1, 0.15) is 30.1 Å². The lowest BCUT2D eigenvalue weighted by Gasteiger charge is -2.26. The molecule has 176 valence electrons. The predicted molar refractivity (Wildman–Crippen MR) is 123 cm³/mol. The third-order valence-electron chi connectivity index (χ3n) is 6.49. The minimum atomic E-state index is -0.443. The fraction of sp³-hybridized carbons (Fsp3) is 0.478. The maximum absolute atomic E-state index is 13.3. The minimum absolute atomic E-state index is 0.0652. The lowest BCUT2D eigenvalue weighted by atomic mass is 10.00. The van der Waals surface area contributed by atoms with Gasteiger partial charge in [-0.1, -0.05) is 6.92 Å². The molecule has 10 heteroatoms. The first-order valence-corrected chi connectivity index (χ1v) is 11.0. The first-order valence-electron chi connectivity index (χ1n) is 11.0. The topological polar surface area (TPSA) is 102 Å². The molecule has 0 unspecified atom stereocenters. The highest BCUT2D eigenvalue weighted by atomic mass is 16.5. The number of aromatic amines is 1. The number of ether oxygens (including phenoxy) is 2. The zero-order chi connectivity index (χ0) is 23.9. The molecule has 1 fully saturated rings. The van der Waals surface area contributed by atoms with E-state index in [0.717, 1.165) is 30.5 Å². The Kier molecular flexibility index (Phi) is 6.01. The molecule has 2 aromatic heterocycles. The number of anilines is 1. The van der Waals surface area contributed by atoms with Crippen molar-refractivity contribution < 1.29 is 18.8 Å². The van der Waals surface area contributed by atoms with Gasteiger partial charge in [0.2, 0.25) is 11.2 Å². The molecule has 0 aliphatic carbocycles. The number of aryl methyl sites for hydroxylation is 1. The van der Waals surface area contributed by atoms with Gasteiger partial charge in [0.15, 0.2) is 17.3 Å². The molecule has 0 spiro atoms. The average molecular weight is 457 g/mol. The number of nitrogens with one attached hydrogen (secondary N) is 1. The smallest absolute Gasteiger partial charge is 0.360 e. The number of piperidine rings is 1.